The molecule has 2 atom stereocenters. The summed E-state index contributed by atoms with van der Waals surface area (Å²) in [6.07, 6.45) is -0.0188. The number of fused-ring (bicyclic) bond motifs is 1. The first kappa shape index (κ1) is 21.1. The molecule has 1 N–H and O–H groups in total. The van der Waals surface area contributed by atoms with Gasteiger partial charge in [0.1, 0.15) is 16.7 Å². The van der Waals surface area contributed by atoms with Crippen LogP contribution in [0.1, 0.15) is 35.7 Å². The topological polar surface area (TPSA) is 84.9 Å². The van der Waals surface area contributed by atoms with Crippen molar-refractivity contribution in [1.82, 2.24) is 4.31 Å². The zero-order chi connectivity index (χ0) is 21.5. The van der Waals surface area contributed by atoms with E-state index in [9.17, 15) is 13.2 Å². The third kappa shape index (κ3) is 3.80. The number of para-hydroxylation sites is 1. The molecule has 4 rings (SSSR count). The van der Waals surface area contributed by atoms with Crippen molar-refractivity contribution in [2.45, 2.75) is 30.8 Å². The summed E-state index contributed by atoms with van der Waals surface area (Å²) in [4.78, 5) is 12.9. The van der Waals surface area contributed by atoms with Crippen molar-refractivity contribution in [2.75, 3.05) is 31.6 Å². The molecule has 0 bridgehead atoms. The Kier molecular flexibility index (Phi) is 5.76. The first-order valence-electron chi connectivity index (χ1n) is 9.77. The van der Waals surface area contributed by atoms with Gasteiger partial charge in [0, 0.05) is 30.3 Å². The molecular formula is C21H23ClN2O5S. The van der Waals surface area contributed by atoms with Crippen molar-refractivity contribution >= 4 is 33.2 Å². The second-order valence-electron chi connectivity index (χ2n) is 7.45. The molecule has 160 valence electrons. The summed E-state index contributed by atoms with van der Waals surface area (Å²) in [5, 5.41) is 2.88. The Labute approximate surface area is 181 Å². The quantitative estimate of drug-likeness (QED) is 0.770. The molecule has 2 heterocycles. The summed E-state index contributed by atoms with van der Waals surface area (Å²) in [6, 6.07) is 9.91. The van der Waals surface area contributed by atoms with E-state index in [-0.39, 0.29) is 40.9 Å². The van der Waals surface area contributed by atoms with Crippen LogP contribution in [0.2, 0.25) is 5.02 Å². The maximum atomic E-state index is 13.0. The monoisotopic (exact) mass is 450 g/mol. The summed E-state index contributed by atoms with van der Waals surface area (Å²) >= 11 is 6.19. The lowest BCUT2D eigenvalue weighted by molar-refractivity contribution is 0.0730. The summed E-state index contributed by atoms with van der Waals surface area (Å²) in [6.45, 7) is 5.22. The molecule has 1 fully saturated rings. The van der Waals surface area contributed by atoms with E-state index in [1.54, 1.807) is 12.1 Å². The molecular weight excluding hydrogens is 428 g/mol. The number of carbonyl (C=O) groups excluding carboxylic acids is 1. The molecule has 30 heavy (non-hydrogen) atoms. The summed E-state index contributed by atoms with van der Waals surface area (Å²) in [5.74, 6) is 0.392. The van der Waals surface area contributed by atoms with Gasteiger partial charge in [0.25, 0.3) is 5.91 Å². The Hall–Kier alpha value is -2.13. The third-order valence-electron chi connectivity index (χ3n) is 5.57. The lowest BCUT2D eigenvalue weighted by atomic mass is 9.97. The average Bonchev–Trinajstić information content (AvgIpc) is 3.04. The first-order valence-corrected chi connectivity index (χ1v) is 11.6. The Balaban J connectivity index is 1.61. The Bertz CT molecular complexity index is 1080. The van der Waals surface area contributed by atoms with Gasteiger partial charge in [-0.1, -0.05) is 30.7 Å². The molecule has 2 aliphatic rings. The Morgan fingerprint density at radius 1 is 1.17 bits per heavy atom. The van der Waals surface area contributed by atoms with E-state index < -0.39 is 10.0 Å². The minimum atomic E-state index is -3.79. The molecule has 0 radical (unpaired) electrons. The van der Waals surface area contributed by atoms with Gasteiger partial charge in [-0.05, 0) is 31.2 Å². The minimum absolute atomic E-state index is 0.0188. The second kappa shape index (κ2) is 8.19. The number of carbonyl (C=O) groups is 1. The maximum absolute atomic E-state index is 13.0. The van der Waals surface area contributed by atoms with E-state index in [1.165, 1.54) is 16.4 Å². The van der Waals surface area contributed by atoms with Gasteiger partial charge in [-0.25, -0.2) is 8.42 Å². The fourth-order valence-corrected chi connectivity index (χ4v) is 5.58. The number of amides is 1. The lowest BCUT2D eigenvalue weighted by Crippen LogP contribution is -2.40. The largest absolute Gasteiger partial charge is 0.489 e. The molecule has 0 saturated carbocycles. The van der Waals surface area contributed by atoms with Gasteiger partial charge in [-0.3, -0.25) is 4.79 Å². The Morgan fingerprint density at radius 3 is 2.63 bits per heavy atom. The van der Waals surface area contributed by atoms with Crippen LogP contribution in [0.5, 0.6) is 5.75 Å². The van der Waals surface area contributed by atoms with Crippen LogP contribution >= 0.6 is 11.6 Å². The van der Waals surface area contributed by atoms with Crippen LogP contribution in [0.15, 0.2) is 41.3 Å². The van der Waals surface area contributed by atoms with Crippen LogP contribution in [0.4, 0.5) is 5.69 Å². The van der Waals surface area contributed by atoms with Crippen molar-refractivity contribution in [2.24, 2.45) is 0 Å². The zero-order valence-corrected chi connectivity index (χ0v) is 18.3. The second-order valence-corrected chi connectivity index (χ2v) is 9.76. The summed E-state index contributed by atoms with van der Waals surface area (Å²) in [5.41, 5.74) is 1.74. The molecule has 1 saturated heterocycles. The molecule has 2 aliphatic heterocycles. The van der Waals surface area contributed by atoms with Crippen molar-refractivity contribution in [3.8, 4) is 5.75 Å². The first-order chi connectivity index (χ1) is 14.3. The van der Waals surface area contributed by atoms with Gasteiger partial charge in [0.2, 0.25) is 10.0 Å². The number of halogens is 1. The lowest BCUT2D eigenvalue weighted by Gasteiger charge is -2.26. The normalized spacial score (nSPS) is 21.7. The zero-order valence-electron chi connectivity index (χ0n) is 16.7. The number of anilines is 1. The van der Waals surface area contributed by atoms with Crippen LogP contribution in [-0.2, 0) is 14.8 Å². The average molecular weight is 451 g/mol. The van der Waals surface area contributed by atoms with Crippen LogP contribution in [-0.4, -0.2) is 51.0 Å². The van der Waals surface area contributed by atoms with Crippen molar-refractivity contribution in [3.63, 3.8) is 0 Å². The fourth-order valence-electron chi connectivity index (χ4n) is 3.67. The van der Waals surface area contributed by atoms with E-state index in [1.807, 2.05) is 19.1 Å². The standard InChI is InChI=1S/C21H23ClN2O5S/c1-13-14(2)29-20-16(13)4-3-5-17(20)21(25)23-15-6-7-18(22)19(12-15)30(26,27)24-8-10-28-11-9-24/h3-7,12-14H,8-11H2,1-2H3,(H,23,25)/t13-,14+/m1/s1. The maximum Gasteiger partial charge on any atom is 0.259 e. The van der Waals surface area contributed by atoms with E-state index in [0.717, 1.165) is 5.56 Å². The predicted molar refractivity (Wildman–Crippen MR) is 114 cm³/mol. The number of benzene rings is 2. The van der Waals surface area contributed by atoms with E-state index in [0.29, 0.717) is 30.2 Å². The van der Waals surface area contributed by atoms with E-state index in [2.05, 4.69) is 12.2 Å². The molecule has 2 aromatic rings. The minimum Gasteiger partial charge on any atom is -0.489 e. The predicted octanol–water partition coefficient (Wildman–Crippen LogP) is 3.50. The third-order valence-corrected chi connectivity index (χ3v) is 7.95. The van der Waals surface area contributed by atoms with Gasteiger partial charge in [-0.15, -0.1) is 0 Å². The highest BCUT2D eigenvalue weighted by Crippen LogP contribution is 2.40. The van der Waals surface area contributed by atoms with Gasteiger partial charge in [-0.2, -0.15) is 4.31 Å². The highest BCUT2D eigenvalue weighted by atomic mass is 35.5. The number of sulfonamides is 1. The smallest absolute Gasteiger partial charge is 0.259 e. The number of rotatable bonds is 4. The van der Waals surface area contributed by atoms with Crippen LogP contribution < -0.4 is 10.1 Å². The molecule has 2 aromatic carbocycles. The molecule has 9 heteroatoms. The van der Waals surface area contributed by atoms with Crippen molar-refractivity contribution < 1.29 is 22.7 Å². The van der Waals surface area contributed by atoms with E-state index in [4.69, 9.17) is 21.1 Å². The number of hydrogen-bond donors (Lipinski definition) is 1. The van der Waals surface area contributed by atoms with Crippen LogP contribution in [0, 0.1) is 0 Å². The number of morpholine rings is 1. The molecule has 0 spiro atoms. The SMILES string of the molecule is C[C@@H]1Oc2c(C(=O)Nc3ccc(Cl)c(S(=O)(=O)N4CCOCC4)c3)cccc2[C@@H]1C. The van der Waals surface area contributed by atoms with Crippen LogP contribution in [0.3, 0.4) is 0 Å². The van der Waals surface area contributed by atoms with Gasteiger partial charge in [0.05, 0.1) is 23.8 Å². The van der Waals surface area contributed by atoms with E-state index >= 15 is 0 Å². The fraction of sp³-hybridized carbons (Fsp3) is 0.381. The van der Waals surface area contributed by atoms with Crippen LogP contribution in [0.25, 0.3) is 0 Å². The summed E-state index contributed by atoms with van der Waals surface area (Å²) in [7, 11) is -3.79. The highest BCUT2D eigenvalue weighted by Gasteiger charge is 2.32. The Morgan fingerprint density at radius 2 is 1.90 bits per heavy atom. The van der Waals surface area contributed by atoms with Crippen molar-refractivity contribution in [1.29, 1.82) is 0 Å². The number of nitrogens with one attached hydrogen (secondary N) is 1. The highest BCUT2D eigenvalue weighted by molar-refractivity contribution is 7.89. The molecule has 7 nitrogen and oxygen atoms in total. The molecule has 0 unspecified atom stereocenters. The number of hydrogen-bond acceptors (Lipinski definition) is 5. The molecule has 0 aromatic heterocycles. The molecule has 0 aliphatic carbocycles. The van der Waals surface area contributed by atoms with Gasteiger partial charge >= 0.3 is 0 Å². The summed E-state index contributed by atoms with van der Waals surface area (Å²) < 4.78 is 38.4. The number of nitrogens with zero attached hydrogens (tertiary/aromatic N) is 1. The molecule has 1 amide bonds. The van der Waals surface area contributed by atoms with Gasteiger partial charge < -0.3 is 14.8 Å². The number of ether oxygens (including phenoxy) is 2. The van der Waals surface area contributed by atoms with Crippen molar-refractivity contribution in [3.05, 3.63) is 52.5 Å². The van der Waals surface area contributed by atoms with Gasteiger partial charge in [0.15, 0.2) is 0 Å².